The highest BCUT2D eigenvalue weighted by Gasteiger charge is 2.19. The Hall–Kier alpha value is -1.98. The van der Waals surface area contributed by atoms with Gasteiger partial charge in [0.2, 0.25) is 0 Å². The highest BCUT2D eigenvalue weighted by atomic mass is 16.2. The van der Waals surface area contributed by atoms with E-state index in [0.29, 0.717) is 5.65 Å². The Morgan fingerprint density at radius 2 is 1.72 bits per heavy atom. The molecule has 0 unspecified atom stereocenters. The zero-order valence-corrected chi connectivity index (χ0v) is 11.2. The Kier molecular flexibility index (Phi) is 2.61. The zero-order valence-electron chi connectivity index (χ0n) is 11.2. The third-order valence-corrected chi connectivity index (χ3v) is 2.92. The number of hydrogen-bond acceptors (Lipinski definition) is 4. The Bertz CT molecular complexity index is 735. The van der Waals surface area contributed by atoms with Gasteiger partial charge in [0.05, 0.1) is 11.9 Å². The molecule has 0 bridgehead atoms. The summed E-state index contributed by atoms with van der Waals surface area (Å²) in [6, 6.07) is 0. The number of fused-ring (bicyclic) bond motifs is 1. The van der Waals surface area contributed by atoms with Gasteiger partial charge in [-0.25, -0.2) is 14.8 Å². The van der Waals surface area contributed by atoms with Gasteiger partial charge in [0.25, 0.3) is 5.56 Å². The molecule has 2 heterocycles. The van der Waals surface area contributed by atoms with Gasteiger partial charge in [-0.15, -0.1) is 0 Å². The summed E-state index contributed by atoms with van der Waals surface area (Å²) in [4.78, 5) is 32.3. The van der Waals surface area contributed by atoms with E-state index in [0.717, 1.165) is 10.3 Å². The molecule has 6 nitrogen and oxygen atoms in total. The molecule has 2 aromatic rings. The smallest absolute Gasteiger partial charge is 0.279 e. The van der Waals surface area contributed by atoms with E-state index in [4.69, 9.17) is 0 Å². The van der Waals surface area contributed by atoms with Gasteiger partial charge in [-0.2, -0.15) is 0 Å². The summed E-state index contributed by atoms with van der Waals surface area (Å²) < 4.78 is 2.38. The quantitative estimate of drug-likeness (QED) is 0.673. The topological polar surface area (TPSA) is 69.8 Å². The second kappa shape index (κ2) is 3.76. The standard InChI is InChI=1S/C12H16N4O2/c1-12(2,3)7-6-13-8-9(14-7)15(4)11(18)16(5)10(8)17/h6H,1-5H3. The fourth-order valence-electron chi connectivity index (χ4n) is 1.69. The molecule has 0 fully saturated rings. The molecule has 96 valence electrons. The first-order valence-corrected chi connectivity index (χ1v) is 5.66. The molecule has 0 N–H and O–H groups in total. The van der Waals surface area contributed by atoms with E-state index in [9.17, 15) is 9.59 Å². The second-order valence-electron chi connectivity index (χ2n) is 5.38. The maximum absolute atomic E-state index is 11.9. The van der Waals surface area contributed by atoms with Crippen LogP contribution in [0.25, 0.3) is 11.2 Å². The van der Waals surface area contributed by atoms with Gasteiger partial charge in [0, 0.05) is 19.5 Å². The molecule has 6 heteroatoms. The average molecular weight is 248 g/mol. The van der Waals surface area contributed by atoms with Crippen LogP contribution < -0.4 is 11.2 Å². The van der Waals surface area contributed by atoms with Crippen molar-refractivity contribution in [3.8, 4) is 0 Å². The van der Waals surface area contributed by atoms with E-state index in [1.165, 1.54) is 11.6 Å². The highest BCUT2D eigenvalue weighted by Crippen LogP contribution is 2.19. The summed E-state index contributed by atoms with van der Waals surface area (Å²) in [5.41, 5.74) is 0.300. The average Bonchev–Trinajstić information content (AvgIpc) is 2.32. The van der Waals surface area contributed by atoms with Crippen LogP contribution in [0.2, 0.25) is 0 Å². The first kappa shape index (κ1) is 12.5. The van der Waals surface area contributed by atoms with E-state index in [-0.39, 0.29) is 10.9 Å². The van der Waals surface area contributed by atoms with Crippen molar-refractivity contribution in [2.45, 2.75) is 26.2 Å². The molecule has 0 aromatic carbocycles. The number of hydrogen-bond donors (Lipinski definition) is 0. The number of aryl methyl sites for hydroxylation is 1. The van der Waals surface area contributed by atoms with Crippen LogP contribution in [0.1, 0.15) is 26.5 Å². The van der Waals surface area contributed by atoms with Gasteiger partial charge in [-0.1, -0.05) is 20.8 Å². The molecule has 0 spiro atoms. The fourth-order valence-corrected chi connectivity index (χ4v) is 1.69. The summed E-state index contributed by atoms with van der Waals surface area (Å²) >= 11 is 0. The molecule has 0 saturated carbocycles. The molecule has 18 heavy (non-hydrogen) atoms. The molecule has 0 atom stereocenters. The summed E-state index contributed by atoms with van der Waals surface area (Å²) in [7, 11) is 3.02. The highest BCUT2D eigenvalue weighted by molar-refractivity contribution is 5.68. The Balaban J connectivity index is 2.96. The lowest BCUT2D eigenvalue weighted by Gasteiger charge is -2.17. The van der Waals surface area contributed by atoms with Crippen molar-refractivity contribution in [3.63, 3.8) is 0 Å². The van der Waals surface area contributed by atoms with Crippen LogP contribution in [-0.2, 0) is 19.5 Å². The largest absolute Gasteiger partial charge is 0.332 e. The SMILES string of the molecule is Cn1c(=O)c2ncc(C(C)(C)C)nc2n(C)c1=O. The molecule has 2 rings (SSSR count). The molecule has 0 aliphatic carbocycles. The molecule has 0 saturated heterocycles. The van der Waals surface area contributed by atoms with Gasteiger partial charge >= 0.3 is 5.69 Å². The predicted molar refractivity (Wildman–Crippen MR) is 68.7 cm³/mol. The van der Waals surface area contributed by atoms with Crippen molar-refractivity contribution in [2.75, 3.05) is 0 Å². The Labute approximate surface area is 104 Å². The molecular weight excluding hydrogens is 232 g/mol. The second-order valence-corrected chi connectivity index (χ2v) is 5.38. The maximum atomic E-state index is 11.9. The van der Waals surface area contributed by atoms with Crippen LogP contribution in [0.3, 0.4) is 0 Å². The molecule has 0 aliphatic heterocycles. The monoisotopic (exact) mass is 248 g/mol. The molecular formula is C12H16N4O2. The van der Waals surface area contributed by atoms with Gasteiger partial charge in [0.1, 0.15) is 0 Å². The molecule has 0 amide bonds. The summed E-state index contributed by atoms with van der Waals surface area (Å²) in [5, 5.41) is 0. The van der Waals surface area contributed by atoms with Gasteiger partial charge in [-0.05, 0) is 0 Å². The summed E-state index contributed by atoms with van der Waals surface area (Å²) in [5.74, 6) is 0. The van der Waals surface area contributed by atoms with E-state index >= 15 is 0 Å². The number of aromatic nitrogens is 4. The van der Waals surface area contributed by atoms with Crippen molar-refractivity contribution in [2.24, 2.45) is 14.1 Å². The lowest BCUT2D eigenvalue weighted by Crippen LogP contribution is -2.38. The maximum Gasteiger partial charge on any atom is 0.332 e. The van der Waals surface area contributed by atoms with Crippen LogP contribution in [-0.4, -0.2) is 19.1 Å². The van der Waals surface area contributed by atoms with Crippen molar-refractivity contribution >= 4 is 11.2 Å². The minimum absolute atomic E-state index is 0.182. The van der Waals surface area contributed by atoms with E-state index in [1.807, 2.05) is 20.8 Å². The van der Waals surface area contributed by atoms with Crippen LogP contribution in [0.5, 0.6) is 0 Å². The van der Waals surface area contributed by atoms with Crippen LogP contribution in [0, 0.1) is 0 Å². The number of rotatable bonds is 0. The van der Waals surface area contributed by atoms with Gasteiger partial charge < -0.3 is 0 Å². The lowest BCUT2D eigenvalue weighted by atomic mass is 9.93. The third kappa shape index (κ3) is 1.73. The fraction of sp³-hybridized carbons (Fsp3) is 0.500. The minimum atomic E-state index is -0.416. The van der Waals surface area contributed by atoms with Crippen LogP contribution >= 0.6 is 0 Å². The van der Waals surface area contributed by atoms with E-state index < -0.39 is 11.2 Å². The minimum Gasteiger partial charge on any atom is -0.279 e. The Morgan fingerprint density at radius 1 is 1.11 bits per heavy atom. The Morgan fingerprint density at radius 3 is 2.28 bits per heavy atom. The van der Waals surface area contributed by atoms with E-state index in [1.54, 1.807) is 13.2 Å². The third-order valence-electron chi connectivity index (χ3n) is 2.92. The number of nitrogens with zero attached hydrogens (tertiary/aromatic N) is 4. The van der Waals surface area contributed by atoms with Crippen molar-refractivity contribution in [1.29, 1.82) is 0 Å². The summed E-state index contributed by atoms with van der Waals surface area (Å²) in [6.07, 6.45) is 1.59. The lowest BCUT2D eigenvalue weighted by molar-refractivity contribution is 0.565. The van der Waals surface area contributed by atoms with Crippen LogP contribution in [0.4, 0.5) is 0 Å². The van der Waals surface area contributed by atoms with Gasteiger partial charge in [0.15, 0.2) is 11.2 Å². The predicted octanol–water partition coefficient (Wildman–Crippen LogP) is 0.325. The summed E-state index contributed by atoms with van der Waals surface area (Å²) in [6.45, 7) is 6.01. The van der Waals surface area contributed by atoms with Crippen molar-refractivity contribution in [1.82, 2.24) is 19.1 Å². The first-order valence-electron chi connectivity index (χ1n) is 5.66. The molecule has 0 radical (unpaired) electrons. The van der Waals surface area contributed by atoms with E-state index in [2.05, 4.69) is 9.97 Å². The van der Waals surface area contributed by atoms with Crippen molar-refractivity contribution in [3.05, 3.63) is 32.7 Å². The first-order chi connectivity index (χ1) is 8.23. The van der Waals surface area contributed by atoms with Gasteiger partial charge in [-0.3, -0.25) is 13.9 Å². The normalized spacial score (nSPS) is 12.1. The molecule has 2 aromatic heterocycles. The zero-order chi connectivity index (χ0) is 13.7. The van der Waals surface area contributed by atoms with Crippen LogP contribution in [0.15, 0.2) is 15.8 Å². The molecule has 0 aliphatic rings. The van der Waals surface area contributed by atoms with Crippen molar-refractivity contribution < 1.29 is 0 Å².